The molecule has 0 unspecified atom stereocenters. The van der Waals surface area contributed by atoms with Crippen molar-refractivity contribution in [3.8, 4) is 11.5 Å². The van der Waals surface area contributed by atoms with Crippen LogP contribution in [-0.2, 0) is 5.75 Å². The fraction of sp³-hybridized carbons (Fsp3) is 0.0476. The molecule has 0 amide bonds. The number of thioether (sulfide) groups is 1. The van der Waals surface area contributed by atoms with E-state index in [1.54, 1.807) is 30.0 Å². The molecule has 2 heterocycles. The molecule has 0 bridgehead atoms. The van der Waals surface area contributed by atoms with Crippen molar-refractivity contribution in [1.82, 2.24) is 4.98 Å². The van der Waals surface area contributed by atoms with E-state index < -0.39 is 5.97 Å². The zero-order valence-electron chi connectivity index (χ0n) is 15.4. The van der Waals surface area contributed by atoms with Gasteiger partial charge in [0, 0.05) is 32.1 Å². The van der Waals surface area contributed by atoms with Crippen molar-refractivity contribution in [2.45, 2.75) is 10.6 Å². The Morgan fingerprint density at radius 3 is 2.43 bits per heavy atom. The van der Waals surface area contributed by atoms with E-state index >= 15 is 0 Å². The third-order valence-electron chi connectivity index (χ3n) is 3.88. The van der Waals surface area contributed by atoms with Crippen LogP contribution in [0.5, 0.6) is 11.5 Å². The first-order valence-corrected chi connectivity index (χ1v) is 11.9. The van der Waals surface area contributed by atoms with Gasteiger partial charge in [-0.25, -0.2) is 9.78 Å². The molecule has 5 nitrogen and oxygen atoms in total. The van der Waals surface area contributed by atoms with E-state index in [0.29, 0.717) is 15.7 Å². The Balaban J connectivity index is 1.31. The molecule has 152 valence electrons. The first kappa shape index (κ1) is 20.7. The van der Waals surface area contributed by atoms with Crippen molar-refractivity contribution in [1.29, 1.82) is 0 Å². The fourth-order valence-corrected chi connectivity index (χ4v) is 5.19. The minimum atomic E-state index is -0.892. The molecule has 0 saturated carbocycles. The molecule has 2 aromatic heterocycles. The molecule has 0 atom stereocenters. The summed E-state index contributed by atoms with van der Waals surface area (Å²) in [5.74, 6) is 1.25. The van der Waals surface area contributed by atoms with Crippen molar-refractivity contribution in [3.63, 3.8) is 0 Å². The average molecular weight is 475 g/mol. The lowest BCUT2D eigenvalue weighted by atomic mass is 10.3. The van der Waals surface area contributed by atoms with Crippen LogP contribution < -0.4 is 10.1 Å². The van der Waals surface area contributed by atoms with Crippen LogP contribution in [0, 0.1) is 0 Å². The minimum absolute atomic E-state index is 0.349. The lowest BCUT2D eigenvalue weighted by Gasteiger charge is -2.07. The molecule has 2 N–H and O–H groups in total. The molecule has 0 saturated heterocycles. The van der Waals surface area contributed by atoms with Crippen molar-refractivity contribution >= 4 is 62.8 Å². The average Bonchev–Trinajstić information content (AvgIpc) is 3.39. The monoisotopic (exact) mass is 474 g/mol. The summed E-state index contributed by atoms with van der Waals surface area (Å²) in [6.45, 7) is 0. The maximum Gasteiger partial charge on any atom is 0.345 e. The molecule has 2 aromatic carbocycles. The van der Waals surface area contributed by atoms with Crippen molar-refractivity contribution in [3.05, 3.63) is 81.0 Å². The maximum absolute atomic E-state index is 11.0. The number of aromatic carboxylic acids is 1. The number of ether oxygens (including phenoxy) is 1. The molecule has 30 heavy (non-hydrogen) atoms. The second-order valence-corrected chi connectivity index (χ2v) is 9.34. The number of nitrogens with zero attached hydrogens (tertiary/aromatic N) is 1. The van der Waals surface area contributed by atoms with Gasteiger partial charge in [-0.05, 0) is 54.6 Å². The molecule has 0 aliphatic carbocycles. The van der Waals surface area contributed by atoms with Crippen LogP contribution in [0.3, 0.4) is 0 Å². The van der Waals surface area contributed by atoms with Gasteiger partial charge in [-0.15, -0.1) is 34.4 Å². The molecule has 9 heteroatoms. The van der Waals surface area contributed by atoms with Crippen LogP contribution >= 0.6 is 46.0 Å². The normalized spacial score (nSPS) is 10.7. The quantitative estimate of drug-likeness (QED) is 0.259. The highest BCUT2D eigenvalue weighted by atomic mass is 35.5. The number of thiophene rings is 1. The second kappa shape index (κ2) is 9.53. The first-order chi connectivity index (χ1) is 14.5. The lowest BCUT2D eigenvalue weighted by molar-refractivity contribution is 0.0702. The molecular weight excluding hydrogens is 460 g/mol. The Bertz CT molecular complexity index is 1140. The Hall–Kier alpha value is -2.52. The number of thiazole rings is 1. The molecular formula is C21H15ClN2O3S3. The van der Waals surface area contributed by atoms with Crippen molar-refractivity contribution in [2.24, 2.45) is 0 Å². The molecule has 0 aliphatic heterocycles. The third-order valence-corrected chi connectivity index (χ3v) is 7.01. The van der Waals surface area contributed by atoms with Crippen molar-refractivity contribution in [2.75, 3.05) is 5.32 Å². The minimum Gasteiger partial charge on any atom is -0.477 e. The van der Waals surface area contributed by atoms with E-state index in [9.17, 15) is 4.79 Å². The van der Waals surface area contributed by atoms with Crippen LogP contribution in [0.15, 0.2) is 70.3 Å². The zero-order valence-corrected chi connectivity index (χ0v) is 18.6. The predicted octanol–water partition coefficient (Wildman–Crippen LogP) is 7.38. The standard InChI is InChI=1S/C21H15ClN2O3S3/c22-13-1-5-16(6-2-13)27-17-7-3-14(4-8-17)23-21-24-15(11-30-21)10-28-18-9-19(20(25)26)29-12-18/h1-9,11-12H,10H2,(H,23,24)(H,25,26). The molecule has 4 rings (SSSR count). The molecule has 0 spiro atoms. The summed E-state index contributed by atoms with van der Waals surface area (Å²) < 4.78 is 5.80. The number of anilines is 2. The first-order valence-electron chi connectivity index (χ1n) is 8.75. The number of aromatic nitrogens is 1. The van der Waals surface area contributed by atoms with E-state index in [1.165, 1.54) is 22.7 Å². The number of halogens is 1. The number of nitrogens with one attached hydrogen (secondary N) is 1. The van der Waals surface area contributed by atoms with Crippen LogP contribution in [0.1, 0.15) is 15.4 Å². The number of carboxylic acids is 1. The smallest absolute Gasteiger partial charge is 0.345 e. The molecule has 0 radical (unpaired) electrons. The van der Waals surface area contributed by atoms with Gasteiger partial charge in [0.1, 0.15) is 16.4 Å². The van der Waals surface area contributed by atoms with Gasteiger partial charge in [0.25, 0.3) is 0 Å². The van der Waals surface area contributed by atoms with Gasteiger partial charge in [0.15, 0.2) is 5.13 Å². The zero-order chi connectivity index (χ0) is 20.9. The summed E-state index contributed by atoms with van der Waals surface area (Å²) in [4.78, 5) is 16.8. The van der Waals surface area contributed by atoms with E-state index in [-0.39, 0.29) is 0 Å². The van der Waals surface area contributed by atoms with Crippen LogP contribution in [0.2, 0.25) is 5.02 Å². The van der Waals surface area contributed by atoms with Crippen LogP contribution in [0.4, 0.5) is 10.8 Å². The number of hydrogen-bond donors (Lipinski definition) is 2. The van der Waals surface area contributed by atoms with Gasteiger partial charge in [-0.1, -0.05) is 11.6 Å². The summed E-state index contributed by atoms with van der Waals surface area (Å²) >= 11 is 10.2. The Kier molecular flexibility index (Phi) is 6.59. The number of carboxylic acid groups (broad SMARTS) is 1. The molecule has 4 aromatic rings. The van der Waals surface area contributed by atoms with Crippen LogP contribution in [0.25, 0.3) is 0 Å². The Morgan fingerprint density at radius 2 is 1.77 bits per heavy atom. The van der Waals surface area contributed by atoms with Gasteiger partial charge < -0.3 is 15.2 Å². The topological polar surface area (TPSA) is 71.5 Å². The van der Waals surface area contributed by atoms with Gasteiger partial charge in [-0.3, -0.25) is 0 Å². The largest absolute Gasteiger partial charge is 0.477 e. The summed E-state index contributed by atoms with van der Waals surface area (Å²) in [6, 6.07) is 16.5. The highest BCUT2D eigenvalue weighted by Crippen LogP contribution is 2.30. The van der Waals surface area contributed by atoms with Gasteiger partial charge in [-0.2, -0.15) is 0 Å². The summed E-state index contributed by atoms with van der Waals surface area (Å²) in [7, 11) is 0. The van der Waals surface area contributed by atoms with E-state index in [2.05, 4.69) is 10.3 Å². The molecule has 0 fully saturated rings. The highest BCUT2D eigenvalue weighted by Gasteiger charge is 2.09. The summed E-state index contributed by atoms with van der Waals surface area (Å²) in [6.07, 6.45) is 0. The number of benzene rings is 2. The van der Waals surface area contributed by atoms with Gasteiger partial charge in [0.05, 0.1) is 5.69 Å². The number of rotatable bonds is 8. The fourth-order valence-electron chi connectivity index (χ4n) is 2.46. The third kappa shape index (κ3) is 5.54. The van der Waals surface area contributed by atoms with E-state index in [4.69, 9.17) is 21.4 Å². The molecule has 0 aliphatic rings. The predicted molar refractivity (Wildman–Crippen MR) is 124 cm³/mol. The lowest BCUT2D eigenvalue weighted by Crippen LogP contribution is -1.91. The maximum atomic E-state index is 11.0. The summed E-state index contributed by atoms with van der Waals surface area (Å²) in [5.41, 5.74) is 1.86. The van der Waals surface area contributed by atoms with Crippen LogP contribution in [-0.4, -0.2) is 16.1 Å². The SMILES string of the molecule is O=C(O)c1cc(SCc2csc(Nc3ccc(Oc4ccc(Cl)cc4)cc3)n2)cs1. The van der Waals surface area contributed by atoms with Gasteiger partial charge >= 0.3 is 5.97 Å². The number of carbonyl (C=O) groups is 1. The highest BCUT2D eigenvalue weighted by molar-refractivity contribution is 7.98. The van der Waals surface area contributed by atoms with Gasteiger partial charge in [0.2, 0.25) is 0 Å². The van der Waals surface area contributed by atoms with E-state index in [1.807, 2.05) is 47.2 Å². The summed E-state index contributed by atoms with van der Waals surface area (Å²) in [5, 5.41) is 17.6. The Labute approximate surface area is 190 Å². The van der Waals surface area contributed by atoms with E-state index in [0.717, 1.165) is 32.9 Å². The number of hydrogen-bond acceptors (Lipinski definition) is 7. The van der Waals surface area contributed by atoms with Crippen molar-refractivity contribution < 1.29 is 14.6 Å². The Morgan fingerprint density at radius 1 is 1.07 bits per heavy atom. The second-order valence-electron chi connectivity index (χ2n) is 6.09.